The van der Waals surface area contributed by atoms with E-state index in [-0.39, 0.29) is 17.1 Å². The summed E-state index contributed by atoms with van der Waals surface area (Å²) in [6.07, 6.45) is 0. The third-order valence-corrected chi connectivity index (χ3v) is 5.29. The minimum Gasteiger partial charge on any atom is -0.478 e. The van der Waals surface area contributed by atoms with Crippen molar-refractivity contribution in [3.8, 4) is 0 Å². The van der Waals surface area contributed by atoms with Gasteiger partial charge in [0.25, 0.3) is 0 Å². The number of rotatable bonds is 5. The Hall–Kier alpha value is -0.960. The standard InChI is InChI=1S/C12H16BrNO5S/c1-7-9(13)4-8(11(16)17)5-10(7)20(18,19)14-12(2,3)6-15/h4-5,14-15H,6H2,1-3H3,(H,16,17). The van der Waals surface area contributed by atoms with Gasteiger partial charge in [-0.15, -0.1) is 0 Å². The number of aromatic carboxylic acids is 1. The van der Waals surface area contributed by atoms with Gasteiger partial charge in [0.2, 0.25) is 10.0 Å². The van der Waals surface area contributed by atoms with Gasteiger partial charge < -0.3 is 10.2 Å². The smallest absolute Gasteiger partial charge is 0.335 e. The van der Waals surface area contributed by atoms with Crippen molar-refractivity contribution in [1.82, 2.24) is 4.72 Å². The number of hydrogen-bond donors (Lipinski definition) is 3. The van der Waals surface area contributed by atoms with Gasteiger partial charge in [-0.1, -0.05) is 15.9 Å². The summed E-state index contributed by atoms with van der Waals surface area (Å²) in [6, 6.07) is 2.44. The van der Waals surface area contributed by atoms with E-state index in [4.69, 9.17) is 10.2 Å². The lowest BCUT2D eigenvalue weighted by atomic mass is 10.1. The van der Waals surface area contributed by atoms with Crippen LogP contribution in [0.3, 0.4) is 0 Å². The molecule has 3 N–H and O–H groups in total. The van der Waals surface area contributed by atoms with E-state index in [1.165, 1.54) is 19.9 Å². The molecule has 6 nitrogen and oxygen atoms in total. The van der Waals surface area contributed by atoms with Gasteiger partial charge in [0.15, 0.2) is 0 Å². The zero-order valence-electron chi connectivity index (χ0n) is 11.3. The molecular weight excluding hydrogens is 350 g/mol. The van der Waals surface area contributed by atoms with Gasteiger partial charge in [-0.05, 0) is 38.5 Å². The van der Waals surface area contributed by atoms with Gasteiger partial charge in [-0.2, -0.15) is 0 Å². The summed E-state index contributed by atoms with van der Waals surface area (Å²) in [7, 11) is -3.94. The maximum atomic E-state index is 12.3. The molecule has 0 aliphatic heterocycles. The van der Waals surface area contributed by atoms with E-state index >= 15 is 0 Å². The Bertz CT molecular complexity index is 639. The molecule has 0 unspecified atom stereocenters. The van der Waals surface area contributed by atoms with Crippen LogP contribution in [0.2, 0.25) is 0 Å². The van der Waals surface area contributed by atoms with Crippen molar-refractivity contribution >= 4 is 31.9 Å². The number of nitrogens with one attached hydrogen (secondary N) is 1. The van der Waals surface area contributed by atoms with E-state index in [9.17, 15) is 13.2 Å². The SMILES string of the molecule is Cc1c(Br)cc(C(=O)O)cc1S(=O)(=O)NC(C)(C)CO. The fourth-order valence-corrected chi connectivity index (χ4v) is 3.80. The molecule has 0 aromatic heterocycles. The normalized spacial score (nSPS) is 12.4. The van der Waals surface area contributed by atoms with Crippen LogP contribution in [0.4, 0.5) is 0 Å². The number of carboxylic acids is 1. The monoisotopic (exact) mass is 365 g/mol. The number of aliphatic hydroxyl groups excluding tert-OH is 1. The van der Waals surface area contributed by atoms with Gasteiger partial charge in [0, 0.05) is 4.47 Å². The molecule has 8 heteroatoms. The first kappa shape index (κ1) is 17.1. The Kier molecular flexibility index (Phi) is 4.96. The molecule has 0 saturated heterocycles. The summed E-state index contributed by atoms with van der Waals surface area (Å²) >= 11 is 3.15. The minimum absolute atomic E-state index is 0.134. The summed E-state index contributed by atoms with van der Waals surface area (Å²) in [5.74, 6) is -1.22. The van der Waals surface area contributed by atoms with Crippen LogP contribution in [0.5, 0.6) is 0 Å². The number of benzene rings is 1. The van der Waals surface area contributed by atoms with Crippen molar-refractivity contribution < 1.29 is 23.4 Å². The van der Waals surface area contributed by atoms with Crippen LogP contribution < -0.4 is 4.72 Å². The molecule has 0 bridgehead atoms. The third kappa shape index (κ3) is 3.78. The fraction of sp³-hybridized carbons (Fsp3) is 0.417. The van der Waals surface area contributed by atoms with Crippen LogP contribution in [-0.2, 0) is 10.0 Å². The number of sulfonamides is 1. The topological polar surface area (TPSA) is 104 Å². The number of aliphatic hydroxyl groups is 1. The van der Waals surface area contributed by atoms with Crippen LogP contribution in [-0.4, -0.2) is 36.7 Å². The molecule has 1 rings (SSSR count). The van der Waals surface area contributed by atoms with Crippen LogP contribution >= 0.6 is 15.9 Å². The highest BCUT2D eigenvalue weighted by Gasteiger charge is 2.28. The molecule has 0 saturated carbocycles. The van der Waals surface area contributed by atoms with E-state index in [0.717, 1.165) is 6.07 Å². The van der Waals surface area contributed by atoms with E-state index in [2.05, 4.69) is 20.7 Å². The number of hydrogen-bond acceptors (Lipinski definition) is 4. The predicted molar refractivity (Wildman–Crippen MR) is 77.3 cm³/mol. The first-order chi connectivity index (χ1) is 9.00. The largest absolute Gasteiger partial charge is 0.478 e. The Labute approximate surface area is 126 Å². The van der Waals surface area contributed by atoms with Crippen molar-refractivity contribution in [2.45, 2.75) is 31.2 Å². The zero-order valence-corrected chi connectivity index (χ0v) is 13.7. The van der Waals surface area contributed by atoms with Gasteiger partial charge in [-0.3, -0.25) is 0 Å². The van der Waals surface area contributed by atoms with Crippen LogP contribution in [0.1, 0.15) is 29.8 Å². The predicted octanol–water partition coefficient (Wildman–Crippen LogP) is 1.50. The van der Waals surface area contributed by atoms with E-state index in [0.29, 0.717) is 10.0 Å². The van der Waals surface area contributed by atoms with Crippen molar-refractivity contribution in [2.24, 2.45) is 0 Å². The second-order valence-corrected chi connectivity index (χ2v) is 7.54. The highest BCUT2D eigenvalue weighted by atomic mass is 79.9. The van der Waals surface area contributed by atoms with Gasteiger partial charge >= 0.3 is 5.97 Å². The third-order valence-electron chi connectivity index (χ3n) is 2.64. The Morgan fingerprint density at radius 3 is 2.40 bits per heavy atom. The molecule has 0 atom stereocenters. The van der Waals surface area contributed by atoms with Crippen molar-refractivity contribution in [3.63, 3.8) is 0 Å². The van der Waals surface area contributed by atoms with E-state index in [1.54, 1.807) is 6.92 Å². The number of halogens is 1. The molecule has 0 spiro atoms. The minimum atomic E-state index is -3.94. The molecular formula is C12H16BrNO5S. The average molecular weight is 366 g/mol. The molecule has 0 aliphatic rings. The van der Waals surface area contributed by atoms with E-state index < -0.39 is 21.5 Å². The quantitative estimate of drug-likeness (QED) is 0.733. The van der Waals surface area contributed by atoms with Gasteiger partial charge in [0.1, 0.15) is 0 Å². The van der Waals surface area contributed by atoms with Crippen molar-refractivity contribution in [3.05, 3.63) is 27.7 Å². The van der Waals surface area contributed by atoms with Crippen LogP contribution in [0.15, 0.2) is 21.5 Å². The van der Waals surface area contributed by atoms with E-state index in [1.807, 2.05) is 0 Å². The lowest BCUT2D eigenvalue weighted by molar-refractivity contribution is 0.0696. The van der Waals surface area contributed by atoms with Crippen LogP contribution in [0.25, 0.3) is 0 Å². The summed E-state index contributed by atoms with van der Waals surface area (Å²) in [6.45, 7) is 4.23. The molecule has 0 radical (unpaired) electrons. The summed E-state index contributed by atoms with van der Waals surface area (Å²) in [5.41, 5.74) is -0.780. The second-order valence-electron chi connectivity index (χ2n) is 5.03. The summed E-state index contributed by atoms with van der Waals surface area (Å²) in [4.78, 5) is 10.9. The first-order valence-electron chi connectivity index (χ1n) is 5.68. The lowest BCUT2D eigenvalue weighted by Gasteiger charge is -2.24. The first-order valence-corrected chi connectivity index (χ1v) is 7.96. The average Bonchev–Trinajstić information content (AvgIpc) is 2.30. The number of carboxylic acid groups (broad SMARTS) is 1. The van der Waals surface area contributed by atoms with Crippen molar-refractivity contribution in [2.75, 3.05) is 6.61 Å². The Morgan fingerprint density at radius 1 is 1.40 bits per heavy atom. The summed E-state index contributed by atoms with van der Waals surface area (Å²) in [5, 5.41) is 18.1. The zero-order chi connectivity index (χ0) is 15.7. The van der Waals surface area contributed by atoms with Gasteiger partial charge in [0.05, 0.1) is 22.6 Å². The lowest BCUT2D eigenvalue weighted by Crippen LogP contribution is -2.46. The Morgan fingerprint density at radius 2 is 1.95 bits per heavy atom. The molecule has 112 valence electrons. The highest BCUT2D eigenvalue weighted by Crippen LogP contribution is 2.26. The molecule has 0 fully saturated rings. The van der Waals surface area contributed by atoms with Crippen LogP contribution in [0, 0.1) is 6.92 Å². The molecule has 20 heavy (non-hydrogen) atoms. The molecule has 0 aliphatic carbocycles. The second kappa shape index (κ2) is 5.80. The number of carbonyl (C=O) groups is 1. The Balaban J connectivity index is 3.42. The highest BCUT2D eigenvalue weighted by molar-refractivity contribution is 9.10. The van der Waals surface area contributed by atoms with Crippen molar-refractivity contribution in [1.29, 1.82) is 0 Å². The maximum Gasteiger partial charge on any atom is 0.335 e. The maximum absolute atomic E-state index is 12.3. The fourth-order valence-electron chi connectivity index (χ4n) is 1.51. The molecule has 1 aromatic carbocycles. The molecule has 0 amide bonds. The summed E-state index contributed by atoms with van der Waals surface area (Å²) < 4.78 is 27.4. The molecule has 1 aromatic rings. The van der Waals surface area contributed by atoms with Gasteiger partial charge in [-0.25, -0.2) is 17.9 Å². The molecule has 0 heterocycles.